The second-order valence-corrected chi connectivity index (χ2v) is 6.61. The number of fused-ring (bicyclic) bond motifs is 1. The van der Waals surface area contributed by atoms with Crippen molar-refractivity contribution < 1.29 is 9.59 Å². The monoisotopic (exact) mass is 309 g/mol. The van der Waals surface area contributed by atoms with Gasteiger partial charge >= 0.3 is 6.03 Å². The molecule has 0 radical (unpaired) electrons. The van der Waals surface area contributed by atoms with Gasteiger partial charge in [0.15, 0.2) is 0 Å². The molecule has 1 heterocycles. The summed E-state index contributed by atoms with van der Waals surface area (Å²) < 4.78 is 0. The van der Waals surface area contributed by atoms with Crippen molar-refractivity contribution in [3.8, 4) is 0 Å². The summed E-state index contributed by atoms with van der Waals surface area (Å²) in [4.78, 5) is 24.7. The van der Waals surface area contributed by atoms with E-state index in [0.29, 0.717) is 6.42 Å². The lowest BCUT2D eigenvalue weighted by atomic mass is 9.96. The minimum atomic E-state index is -0.661. The zero-order chi connectivity index (χ0) is 15.4. The highest BCUT2D eigenvalue weighted by atomic mass is 32.1. The maximum Gasteiger partial charge on any atom is 0.312 e. The van der Waals surface area contributed by atoms with Gasteiger partial charge in [-0.3, -0.25) is 4.79 Å². The van der Waals surface area contributed by atoms with Gasteiger partial charge in [-0.25, -0.2) is 4.79 Å². The molecule has 1 aromatic heterocycles. The first kappa shape index (κ1) is 15.8. The van der Waals surface area contributed by atoms with Gasteiger partial charge in [-0.05, 0) is 50.2 Å². The standard InChI is InChI=1S/C15H23N3O2S/c1-3-6-11(17-15(16)20)13(19)18-14-9(2)10-7-4-5-8-12(10)21-14/h11H,3-8H2,1-2H3,(H,18,19)(H3,16,17,20)/t11-/m1/s1. The number of carbonyl (C=O) groups is 2. The zero-order valence-corrected chi connectivity index (χ0v) is 13.4. The third kappa shape index (κ3) is 3.75. The Labute approximate surface area is 129 Å². The summed E-state index contributed by atoms with van der Waals surface area (Å²) in [5.41, 5.74) is 7.71. The summed E-state index contributed by atoms with van der Waals surface area (Å²) in [6, 6.07) is -1.23. The third-order valence-corrected chi connectivity index (χ3v) is 5.19. The SMILES string of the molecule is CCC[C@@H](NC(N)=O)C(=O)Nc1sc2c(c1C)CCCC2. The molecule has 1 aromatic rings. The molecule has 0 bridgehead atoms. The molecule has 6 heteroatoms. The molecular formula is C15H23N3O2S. The van der Waals surface area contributed by atoms with E-state index in [-0.39, 0.29) is 5.91 Å². The van der Waals surface area contributed by atoms with Crippen LogP contribution in [0.5, 0.6) is 0 Å². The lowest BCUT2D eigenvalue weighted by molar-refractivity contribution is -0.118. The first-order valence-corrected chi connectivity index (χ1v) is 8.32. The Kier molecular flexibility index (Phi) is 5.22. The summed E-state index contributed by atoms with van der Waals surface area (Å²) in [6.45, 7) is 4.03. The van der Waals surface area contributed by atoms with Crippen molar-refractivity contribution in [1.29, 1.82) is 0 Å². The second-order valence-electron chi connectivity index (χ2n) is 5.50. The van der Waals surface area contributed by atoms with Gasteiger partial charge in [-0.1, -0.05) is 13.3 Å². The number of hydrogen-bond donors (Lipinski definition) is 3. The average Bonchev–Trinajstić information content (AvgIpc) is 2.75. The number of amides is 3. The van der Waals surface area contributed by atoms with Crippen LogP contribution in [0.25, 0.3) is 0 Å². The molecule has 0 saturated carbocycles. The molecular weight excluding hydrogens is 286 g/mol. The van der Waals surface area contributed by atoms with Crippen LogP contribution in [-0.4, -0.2) is 18.0 Å². The number of urea groups is 1. The van der Waals surface area contributed by atoms with Crippen LogP contribution in [0.1, 0.15) is 48.6 Å². The highest BCUT2D eigenvalue weighted by molar-refractivity contribution is 7.16. The van der Waals surface area contributed by atoms with Crippen LogP contribution in [-0.2, 0) is 17.6 Å². The van der Waals surface area contributed by atoms with Crippen LogP contribution in [0.2, 0.25) is 0 Å². The Hall–Kier alpha value is -1.56. The van der Waals surface area contributed by atoms with E-state index in [2.05, 4.69) is 17.6 Å². The lowest BCUT2D eigenvalue weighted by Gasteiger charge is -2.16. The fraction of sp³-hybridized carbons (Fsp3) is 0.600. The molecule has 0 aromatic carbocycles. The van der Waals surface area contributed by atoms with Crippen molar-refractivity contribution in [3.63, 3.8) is 0 Å². The highest BCUT2D eigenvalue weighted by Gasteiger charge is 2.23. The Bertz CT molecular complexity index is 539. The van der Waals surface area contributed by atoms with Gasteiger partial charge in [0.1, 0.15) is 6.04 Å². The van der Waals surface area contributed by atoms with Crippen molar-refractivity contribution in [2.24, 2.45) is 5.73 Å². The number of carbonyl (C=O) groups excluding carboxylic acids is 2. The topological polar surface area (TPSA) is 84.2 Å². The van der Waals surface area contributed by atoms with E-state index in [1.807, 2.05) is 6.92 Å². The summed E-state index contributed by atoms with van der Waals surface area (Å²) in [6.07, 6.45) is 6.04. The summed E-state index contributed by atoms with van der Waals surface area (Å²) in [7, 11) is 0. The normalized spacial score (nSPS) is 15.1. The average molecular weight is 309 g/mol. The number of aryl methyl sites for hydroxylation is 1. The molecule has 116 valence electrons. The zero-order valence-electron chi connectivity index (χ0n) is 12.6. The van der Waals surface area contributed by atoms with Gasteiger partial charge < -0.3 is 16.4 Å². The van der Waals surface area contributed by atoms with Gasteiger partial charge in [-0.15, -0.1) is 11.3 Å². The Morgan fingerprint density at radius 3 is 2.67 bits per heavy atom. The molecule has 2 rings (SSSR count). The maximum absolute atomic E-state index is 12.3. The van der Waals surface area contributed by atoms with Crippen molar-refractivity contribution in [3.05, 3.63) is 16.0 Å². The van der Waals surface area contributed by atoms with Crippen molar-refractivity contribution in [2.45, 2.75) is 58.4 Å². The molecule has 1 aliphatic rings. The molecule has 5 nitrogen and oxygen atoms in total. The predicted octanol–water partition coefficient (Wildman–Crippen LogP) is 2.71. The van der Waals surface area contributed by atoms with Crippen LogP contribution < -0.4 is 16.4 Å². The highest BCUT2D eigenvalue weighted by Crippen LogP contribution is 2.37. The largest absolute Gasteiger partial charge is 0.352 e. The summed E-state index contributed by atoms with van der Waals surface area (Å²) >= 11 is 1.67. The third-order valence-electron chi connectivity index (χ3n) is 3.88. The molecule has 0 saturated heterocycles. The minimum Gasteiger partial charge on any atom is -0.352 e. The minimum absolute atomic E-state index is 0.183. The first-order chi connectivity index (χ1) is 10.0. The van der Waals surface area contributed by atoms with Crippen LogP contribution in [0.15, 0.2) is 0 Å². The predicted molar refractivity (Wildman–Crippen MR) is 85.7 cm³/mol. The van der Waals surface area contributed by atoms with E-state index >= 15 is 0 Å². The summed E-state index contributed by atoms with van der Waals surface area (Å²) in [5, 5.41) is 6.40. The van der Waals surface area contributed by atoms with Gasteiger partial charge in [0.25, 0.3) is 0 Å². The Morgan fingerprint density at radius 1 is 1.33 bits per heavy atom. The molecule has 3 amide bonds. The van der Waals surface area contributed by atoms with Crippen molar-refractivity contribution >= 4 is 28.3 Å². The Balaban J connectivity index is 2.10. The molecule has 1 aliphatic carbocycles. The van der Waals surface area contributed by atoms with E-state index in [0.717, 1.165) is 24.3 Å². The first-order valence-electron chi connectivity index (χ1n) is 7.50. The maximum atomic E-state index is 12.3. The number of rotatable bonds is 5. The second kappa shape index (κ2) is 6.93. The lowest BCUT2D eigenvalue weighted by Crippen LogP contribution is -2.46. The van der Waals surface area contributed by atoms with Gasteiger partial charge in [-0.2, -0.15) is 0 Å². The quantitative estimate of drug-likeness (QED) is 0.781. The van der Waals surface area contributed by atoms with Crippen molar-refractivity contribution in [2.75, 3.05) is 5.32 Å². The number of nitrogens with two attached hydrogens (primary N) is 1. The van der Waals surface area contributed by atoms with E-state index in [1.54, 1.807) is 11.3 Å². The van der Waals surface area contributed by atoms with Crippen molar-refractivity contribution in [1.82, 2.24) is 5.32 Å². The van der Waals surface area contributed by atoms with E-state index in [9.17, 15) is 9.59 Å². The molecule has 4 N–H and O–H groups in total. The molecule has 1 atom stereocenters. The molecule has 0 unspecified atom stereocenters. The van der Waals surface area contributed by atoms with Crippen LogP contribution in [0.4, 0.5) is 9.80 Å². The molecule has 0 spiro atoms. The summed E-state index contributed by atoms with van der Waals surface area (Å²) in [5.74, 6) is -0.183. The smallest absolute Gasteiger partial charge is 0.312 e. The molecule has 0 aliphatic heterocycles. The number of nitrogens with one attached hydrogen (secondary N) is 2. The number of primary amides is 1. The Morgan fingerprint density at radius 2 is 2.05 bits per heavy atom. The van der Waals surface area contributed by atoms with Crippen LogP contribution in [0.3, 0.4) is 0 Å². The molecule has 0 fully saturated rings. The number of anilines is 1. The van der Waals surface area contributed by atoms with E-state index < -0.39 is 12.1 Å². The number of hydrogen-bond acceptors (Lipinski definition) is 3. The fourth-order valence-corrected chi connectivity index (χ4v) is 4.07. The van der Waals surface area contributed by atoms with Gasteiger partial charge in [0.2, 0.25) is 5.91 Å². The van der Waals surface area contributed by atoms with Gasteiger partial charge in [0.05, 0.1) is 5.00 Å². The van der Waals surface area contributed by atoms with E-state index in [4.69, 9.17) is 5.73 Å². The van der Waals surface area contributed by atoms with Crippen LogP contribution >= 0.6 is 11.3 Å². The van der Waals surface area contributed by atoms with E-state index in [1.165, 1.54) is 28.8 Å². The van der Waals surface area contributed by atoms with Gasteiger partial charge in [0, 0.05) is 4.88 Å². The number of thiophene rings is 1. The molecule has 21 heavy (non-hydrogen) atoms. The van der Waals surface area contributed by atoms with Crippen LogP contribution in [0, 0.1) is 6.92 Å². The fourth-order valence-electron chi connectivity index (χ4n) is 2.77.